The molecule has 2 unspecified atom stereocenters. The monoisotopic (exact) mass is 377 g/mol. The summed E-state index contributed by atoms with van der Waals surface area (Å²) >= 11 is 0. The lowest BCUT2D eigenvalue weighted by atomic mass is 9.99. The van der Waals surface area contributed by atoms with Crippen LogP contribution in [-0.4, -0.2) is 34.2 Å². The molecule has 2 atom stereocenters. The third-order valence-electron chi connectivity index (χ3n) is 5.05. The number of halogens is 3. The van der Waals surface area contributed by atoms with E-state index in [-0.39, 0.29) is 5.56 Å². The van der Waals surface area contributed by atoms with E-state index in [9.17, 15) is 18.3 Å². The second kappa shape index (κ2) is 6.53. The topological polar surface area (TPSA) is 62.4 Å². The van der Waals surface area contributed by atoms with Crippen LogP contribution >= 0.6 is 0 Å². The number of benzene rings is 2. The van der Waals surface area contributed by atoms with E-state index in [0.717, 1.165) is 25.1 Å². The van der Waals surface area contributed by atoms with E-state index in [2.05, 4.69) is 22.1 Å². The van der Waals surface area contributed by atoms with Gasteiger partial charge in [-0.05, 0) is 65.0 Å². The van der Waals surface area contributed by atoms with Crippen LogP contribution in [0.1, 0.15) is 31.4 Å². The molecule has 0 spiro atoms. The minimum absolute atomic E-state index is 0.200. The molecule has 1 fully saturated rings. The Morgan fingerprint density at radius 2 is 2.00 bits per heavy atom. The summed E-state index contributed by atoms with van der Waals surface area (Å²) in [5, 5.41) is 17.5. The molecule has 1 aliphatic heterocycles. The second-order valence-electron chi connectivity index (χ2n) is 6.88. The molecule has 3 aromatic rings. The maximum Gasteiger partial charge on any atom is 0.418 e. The summed E-state index contributed by atoms with van der Waals surface area (Å²) in [6.07, 6.45) is -5.11. The molecule has 1 saturated heterocycles. The normalized spacial score (nSPS) is 19.0. The molecule has 0 saturated carbocycles. The van der Waals surface area contributed by atoms with E-state index in [0.29, 0.717) is 28.2 Å². The summed E-state index contributed by atoms with van der Waals surface area (Å²) in [6, 6.07) is 9.79. The zero-order valence-electron chi connectivity index (χ0n) is 14.6. The standard InChI is InChI=1S/C19H18F3N3O2/c1-11-4-3-7-25(11)16-10-14(9-15-17(16)24-27-23-15)12-5-2-6-13(8-12)18(26)19(20,21)22/h2,5-6,8-11,18,26H,3-4,7H2,1H3. The number of aromatic nitrogens is 2. The van der Waals surface area contributed by atoms with Crippen LogP contribution in [0.3, 0.4) is 0 Å². The number of hydrogen-bond donors (Lipinski definition) is 1. The van der Waals surface area contributed by atoms with Gasteiger partial charge >= 0.3 is 6.18 Å². The van der Waals surface area contributed by atoms with Crippen molar-refractivity contribution in [1.29, 1.82) is 0 Å². The predicted molar refractivity (Wildman–Crippen MR) is 94.3 cm³/mol. The minimum atomic E-state index is -4.71. The first kappa shape index (κ1) is 17.8. The SMILES string of the molecule is CC1CCCN1c1cc(-c2cccc(C(O)C(F)(F)F)c2)cc2nonc12. The molecular weight excluding hydrogens is 359 g/mol. The van der Waals surface area contributed by atoms with Crippen molar-refractivity contribution >= 4 is 16.7 Å². The second-order valence-corrected chi connectivity index (χ2v) is 6.88. The van der Waals surface area contributed by atoms with Crippen molar-refractivity contribution in [2.24, 2.45) is 0 Å². The number of hydrogen-bond acceptors (Lipinski definition) is 5. The lowest BCUT2D eigenvalue weighted by molar-refractivity contribution is -0.206. The Kier molecular flexibility index (Phi) is 4.30. The first-order valence-corrected chi connectivity index (χ1v) is 8.72. The maximum absolute atomic E-state index is 12.9. The number of alkyl halides is 3. The zero-order valence-corrected chi connectivity index (χ0v) is 14.6. The first-order chi connectivity index (χ1) is 12.8. The van der Waals surface area contributed by atoms with E-state index in [1.807, 2.05) is 6.07 Å². The lowest BCUT2D eigenvalue weighted by Crippen LogP contribution is -2.26. The van der Waals surface area contributed by atoms with E-state index >= 15 is 0 Å². The van der Waals surface area contributed by atoms with E-state index in [4.69, 9.17) is 4.63 Å². The molecule has 1 aromatic heterocycles. The molecule has 0 bridgehead atoms. The third-order valence-corrected chi connectivity index (χ3v) is 5.05. The molecule has 0 aliphatic carbocycles. The highest BCUT2D eigenvalue weighted by Crippen LogP contribution is 2.37. The highest BCUT2D eigenvalue weighted by atomic mass is 19.4. The van der Waals surface area contributed by atoms with Crippen LogP contribution in [0.15, 0.2) is 41.0 Å². The van der Waals surface area contributed by atoms with Crippen LogP contribution in [0.2, 0.25) is 0 Å². The Morgan fingerprint density at radius 3 is 2.70 bits per heavy atom. The lowest BCUT2D eigenvalue weighted by Gasteiger charge is -2.24. The molecule has 142 valence electrons. The summed E-state index contributed by atoms with van der Waals surface area (Å²) < 4.78 is 43.5. The van der Waals surface area contributed by atoms with Gasteiger partial charge in [0, 0.05) is 12.6 Å². The molecule has 0 radical (unpaired) electrons. The molecule has 5 nitrogen and oxygen atoms in total. The summed E-state index contributed by atoms with van der Waals surface area (Å²) in [7, 11) is 0. The summed E-state index contributed by atoms with van der Waals surface area (Å²) in [6.45, 7) is 3.00. The van der Waals surface area contributed by atoms with Crippen LogP contribution in [0.25, 0.3) is 22.2 Å². The maximum atomic E-state index is 12.9. The van der Waals surface area contributed by atoms with Crippen molar-refractivity contribution in [3.05, 3.63) is 42.0 Å². The fraction of sp³-hybridized carbons (Fsp3) is 0.368. The van der Waals surface area contributed by atoms with Crippen molar-refractivity contribution in [3.8, 4) is 11.1 Å². The summed E-state index contributed by atoms with van der Waals surface area (Å²) in [5.41, 5.74) is 3.10. The van der Waals surface area contributed by atoms with Crippen LogP contribution in [0, 0.1) is 0 Å². The highest BCUT2D eigenvalue weighted by Gasteiger charge is 2.39. The molecule has 4 rings (SSSR count). The minimum Gasteiger partial charge on any atom is -0.379 e. The van der Waals surface area contributed by atoms with Gasteiger partial charge in [0.25, 0.3) is 0 Å². The first-order valence-electron chi connectivity index (χ1n) is 8.72. The molecular formula is C19H18F3N3O2. The summed E-state index contributed by atoms with van der Waals surface area (Å²) in [5.74, 6) is 0. The van der Waals surface area contributed by atoms with Gasteiger partial charge in [-0.3, -0.25) is 0 Å². The molecule has 1 aliphatic rings. The van der Waals surface area contributed by atoms with Gasteiger partial charge in [-0.15, -0.1) is 0 Å². The fourth-order valence-corrected chi connectivity index (χ4v) is 3.63. The van der Waals surface area contributed by atoms with Gasteiger partial charge in [-0.25, -0.2) is 4.63 Å². The molecule has 8 heteroatoms. The largest absolute Gasteiger partial charge is 0.418 e. The van der Waals surface area contributed by atoms with Gasteiger partial charge < -0.3 is 10.0 Å². The van der Waals surface area contributed by atoms with Gasteiger partial charge in [-0.1, -0.05) is 18.2 Å². The van der Waals surface area contributed by atoms with Crippen molar-refractivity contribution in [1.82, 2.24) is 10.3 Å². The van der Waals surface area contributed by atoms with Gasteiger partial charge in [-0.2, -0.15) is 13.2 Å². The molecule has 2 heterocycles. The van der Waals surface area contributed by atoms with Crippen LogP contribution in [0.5, 0.6) is 0 Å². The quantitative estimate of drug-likeness (QED) is 0.729. The Morgan fingerprint density at radius 1 is 1.19 bits per heavy atom. The van der Waals surface area contributed by atoms with Gasteiger partial charge in [0.1, 0.15) is 5.52 Å². The van der Waals surface area contributed by atoms with E-state index < -0.39 is 12.3 Å². The predicted octanol–water partition coefficient (Wildman–Crippen LogP) is 4.47. The zero-order chi connectivity index (χ0) is 19.2. The fourth-order valence-electron chi connectivity index (χ4n) is 3.63. The number of rotatable bonds is 3. The number of fused-ring (bicyclic) bond motifs is 1. The average molecular weight is 377 g/mol. The summed E-state index contributed by atoms with van der Waals surface area (Å²) in [4.78, 5) is 2.21. The third kappa shape index (κ3) is 3.25. The van der Waals surface area contributed by atoms with E-state index in [1.54, 1.807) is 12.1 Å². The van der Waals surface area contributed by atoms with Gasteiger partial charge in [0.15, 0.2) is 11.6 Å². The Hall–Kier alpha value is -2.61. The van der Waals surface area contributed by atoms with Gasteiger partial charge in [0.2, 0.25) is 0 Å². The number of nitrogens with zero attached hydrogens (tertiary/aromatic N) is 3. The smallest absolute Gasteiger partial charge is 0.379 e. The van der Waals surface area contributed by atoms with Crippen molar-refractivity contribution in [2.75, 3.05) is 11.4 Å². The van der Waals surface area contributed by atoms with Crippen LogP contribution < -0.4 is 4.90 Å². The molecule has 27 heavy (non-hydrogen) atoms. The van der Waals surface area contributed by atoms with Crippen LogP contribution in [-0.2, 0) is 0 Å². The Labute approximate surface area is 153 Å². The van der Waals surface area contributed by atoms with E-state index in [1.165, 1.54) is 18.2 Å². The average Bonchev–Trinajstić information content (AvgIpc) is 3.28. The molecule has 0 amide bonds. The number of aliphatic hydroxyl groups excluding tert-OH is 1. The van der Waals surface area contributed by atoms with Crippen molar-refractivity contribution in [3.63, 3.8) is 0 Å². The highest BCUT2D eigenvalue weighted by molar-refractivity contribution is 5.93. The van der Waals surface area contributed by atoms with Crippen molar-refractivity contribution < 1.29 is 22.9 Å². The number of aliphatic hydroxyl groups is 1. The Bertz CT molecular complexity index is 970. The molecule has 2 aromatic carbocycles. The molecule has 1 N–H and O–H groups in total. The van der Waals surface area contributed by atoms with Gasteiger partial charge in [0.05, 0.1) is 5.69 Å². The van der Waals surface area contributed by atoms with Crippen molar-refractivity contribution in [2.45, 2.75) is 38.1 Å². The number of anilines is 1. The Balaban J connectivity index is 1.81. The van der Waals surface area contributed by atoms with Crippen LogP contribution in [0.4, 0.5) is 18.9 Å².